The molecule has 2 atom stereocenters. The van der Waals surface area contributed by atoms with Crippen LogP contribution in [-0.4, -0.2) is 36.9 Å². The summed E-state index contributed by atoms with van der Waals surface area (Å²) in [5.41, 5.74) is 0. The molecule has 72 valence electrons. The van der Waals surface area contributed by atoms with Crippen molar-refractivity contribution in [1.82, 2.24) is 10.6 Å². The second-order valence-corrected chi connectivity index (χ2v) is 3.91. The molecule has 0 bridgehead atoms. The van der Waals surface area contributed by atoms with Crippen molar-refractivity contribution < 1.29 is 5.11 Å². The molecule has 12 heavy (non-hydrogen) atoms. The van der Waals surface area contributed by atoms with Gasteiger partial charge in [-0.25, -0.2) is 0 Å². The number of aliphatic hydroxyl groups excluding tert-OH is 1. The Hall–Kier alpha value is -0.120. The fraction of sp³-hybridized carbons (Fsp3) is 1.00. The van der Waals surface area contributed by atoms with Crippen LogP contribution in [0.2, 0.25) is 0 Å². The third-order valence-electron chi connectivity index (χ3n) is 2.45. The van der Waals surface area contributed by atoms with Crippen LogP contribution in [0.1, 0.15) is 20.3 Å². The number of nitrogens with one attached hydrogen (secondary N) is 2. The van der Waals surface area contributed by atoms with Crippen LogP contribution in [-0.2, 0) is 0 Å². The Morgan fingerprint density at radius 1 is 1.58 bits per heavy atom. The van der Waals surface area contributed by atoms with Crippen molar-refractivity contribution in [1.29, 1.82) is 0 Å². The molecule has 0 radical (unpaired) electrons. The predicted molar refractivity (Wildman–Crippen MR) is 50.1 cm³/mol. The van der Waals surface area contributed by atoms with Gasteiger partial charge in [-0.3, -0.25) is 0 Å². The first-order valence-corrected chi connectivity index (χ1v) is 4.82. The van der Waals surface area contributed by atoms with E-state index in [1.165, 1.54) is 6.42 Å². The normalized spacial score (nSPS) is 26.5. The smallest absolute Gasteiger partial charge is 0.0687 e. The molecule has 1 saturated heterocycles. The van der Waals surface area contributed by atoms with Gasteiger partial charge in [0.1, 0.15) is 0 Å². The van der Waals surface area contributed by atoms with E-state index in [9.17, 15) is 5.11 Å². The maximum atomic E-state index is 9.50. The zero-order chi connectivity index (χ0) is 8.97. The fourth-order valence-electron chi connectivity index (χ4n) is 1.35. The lowest BCUT2D eigenvalue weighted by molar-refractivity contribution is 0.120. The van der Waals surface area contributed by atoms with E-state index in [1.807, 2.05) is 13.8 Å². The summed E-state index contributed by atoms with van der Waals surface area (Å²) in [6.07, 6.45) is 0.982. The minimum absolute atomic E-state index is 0.203. The van der Waals surface area contributed by atoms with Crippen LogP contribution in [0.4, 0.5) is 0 Å². The van der Waals surface area contributed by atoms with Gasteiger partial charge in [-0.15, -0.1) is 0 Å². The van der Waals surface area contributed by atoms with Gasteiger partial charge < -0.3 is 15.7 Å². The van der Waals surface area contributed by atoms with Crippen LogP contribution in [0.25, 0.3) is 0 Å². The van der Waals surface area contributed by atoms with Crippen LogP contribution in [0, 0.1) is 5.92 Å². The number of aliphatic hydroxyl groups is 1. The maximum Gasteiger partial charge on any atom is 0.0687 e. The van der Waals surface area contributed by atoms with Gasteiger partial charge in [0.2, 0.25) is 0 Å². The van der Waals surface area contributed by atoms with Crippen molar-refractivity contribution >= 4 is 0 Å². The standard InChI is InChI=1S/C9H20N2O/c1-7(2)9(12)6-11-8-3-4-10-5-8/h7-12H,3-6H2,1-2H3. The van der Waals surface area contributed by atoms with Crippen molar-refractivity contribution in [2.24, 2.45) is 5.92 Å². The van der Waals surface area contributed by atoms with Crippen molar-refractivity contribution in [3.8, 4) is 0 Å². The van der Waals surface area contributed by atoms with E-state index in [-0.39, 0.29) is 6.10 Å². The molecular weight excluding hydrogens is 152 g/mol. The monoisotopic (exact) mass is 172 g/mol. The average Bonchev–Trinajstić information content (AvgIpc) is 2.51. The van der Waals surface area contributed by atoms with Crippen LogP contribution in [0.3, 0.4) is 0 Å². The molecule has 0 amide bonds. The van der Waals surface area contributed by atoms with Gasteiger partial charge in [0.25, 0.3) is 0 Å². The van der Waals surface area contributed by atoms with Crippen LogP contribution >= 0.6 is 0 Å². The van der Waals surface area contributed by atoms with E-state index in [0.29, 0.717) is 12.0 Å². The van der Waals surface area contributed by atoms with Gasteiger partial charge in [-0.1, -0.05) is 13.8 Å². The summed E-state index contributed by atoms with van der Waals surface area (Å²) < 4.78 is 0. The number of hydrogen-bond donors (Lipinski definition) is 3. The molecule has 3 N–H and O–H groups in total. The SMILES string of the molecule is CC(C)C(O)CNC1CCNC1. The van der Waals surface area contributed by atoms with Crippen LogP contribution < -0.4 is 10.6 Å². The third kappa shape index (κ3) is 3.09. The highest BCUT2D eigenvalue weighted by atomic mass is 16.3. The molecule has 1 fully saturated rings. The van der Waals surface area contributed by atoms with Crippen molar-refractivity contribution in [3.63, 3.8) is 0 Å². The summed E-state index contributed by atoms with van der Waals surface area (Å²) >= 11 is 0. The Bertz CT molecular complexity index is 120. The molecule has 1 heterocycles. The Balaban J connectivity index is 2.07. The molecule has 3 heteroatoms. The largest absolute Gasteiger partial charge is 0.392 e. The molecule has 2 unspecified atom stereocenters. The molecule has 0 aliphatic carbocycles. The second-order valence-electron chi connectivity index (χ2n) is 3.91. The summed E-state index contributed by atoms with van der Waals surface area (Å²) in [4.78, 5) is 0. The molecule has 0 aromatic heterocycles. The summed E-state index contributed by atoms with van der Waals surface area (Å²) in [6.45, 7) is 6.96. The Labute approximate surface area is 74.5 Å². The van der Waals surface area contributed by atoms with Gasteiger partial charge in [0.05, 0.1) is 6.10 Å². The van der Waals surface area contributed by atoms with Crippen molar-refractivity contribution in [2.75, 3.05) is 19.6 Å². The molecule has 0 aromatic rings. The minimum atomic E-state index is -0.203. The molecule has 0 aromatic carbocycles. The highest BCUT2D eigenvalue weighted by Gasteiger charge is 2.16. The van der Waals surface area contributed by atoms with Gasteiger partial charge in [-0.05, 0) is 18.9 Å². The molecule has 0 spiro atoms. The lowest BCUT2D eigenvalue weighted by atomic mass is 10.1. The highest BCUT2D eigenvalue weighted by Crippen LogP contribution is 2.01. The van der Waals surface area contributed by atoms with Gasteiger partial charge in [0, 0.05) is 19.1 Å². The van der Waals surface area contributed by atoms with Crippen LogP contribution in [0.5, 0.6) is 0 Å². The van der Waals surface area contributed by atoms with Gasteiger partial charge in [-0.2, -0.15) is 0 Å². The average molecular weight is 172 g/mol. The first-order chi connectivity index (χ1) is 5.70. The molecule has 0 saturated carbocycles. The van der Waals surface area contributed by atoms with Crippen molar-refractivity contribution in [3.05, 3.63) is 0 Å². The molecule has 1 aliphatic heterocycles. The van der Waals surface area contributed by atoms with Crippen molar-refractivity contribution in [2.45, 2.75) is 32.4 Å². The topological polar surface area (TPSA) is 44.3 Å². The Morgan fingerprint density at radius 3 is 2.83 bits per heavy atom. The lowest BCUT2D eigenvalue weighted by Crippen LogP contribution is -2.38. The Morgan fingerprint density at radius 2 is 2.33 bits per heavy atom. The molecular formula is C9H20N2O. The van der Waals surface area contributed by atoms with Crippen LogP contribution in [0.15, 0.2) is 0 Å². The summed E-state index contributed by atoms with van der Waals surface area (Å²) in [6, 6.07) is 0.568. The highest BCUT2D eigenvalue weighted by molar-refractivity contribution is 4.78. The first kappa shape index (κ1) is 9.96. The lowest BCUT2D eigenvalue weighted by Gasteiger charge is -2.18. The predicted octanol–water partition coefficient (Wildman–Crippen LogP) is -0.0452. The van der Waals surface area contributed by atoms with E-state index < -0.39 is 0 Å². The molecule has 3 nitrogen and oxygen atoms in total. The number of rotatable bonds is 4. The van der Waals surface area contributed by atoms with E-state index >= 15 is 0 Å². The second kappa shape index (κ2) is 4.80. The summed E-state index contributed by atoms with van der Waals surface area (Å²) in [5, 5.41) is 16.1. The minimum Gasteiger partial charge on any atom is -0.392 e. The van der Waals surface area contributed by atoms with Gasteiger partial charge in [0.15, 0.2) is 0 Å². The first-order valence-electron chi connectivity index (χ1n) is 4.82. The number of hydrogen-bond acceptors (Lipinski definition) is 3. The van der Waals surface area contributed by atoms with E-state index in [4.69, 9.17) is 0 Å². The fourth-order valence-corrected chi connectivity index (χ4v) is 1.35. The van der Waals surface area contributed by atoms with Gasteiger partial charge >= 0.3 is 0 Å². The van der Waals surface area contributed by atoms with E-state index in [0.717, 1.165) is 19.6 Å². The Kier molecular flexibility index (Phi) is 3.98. The third-order valence-corrected chi connectivity index (χ3v) is 2.45. The molecule has 1 rings (SSSR count). The maximum absolute atomic E-state index is 9.50. The molecule has 1 aliphatic rings. The zero-order valence-electron chi connectivity index (χ0n) is 8.01. The zero-order valence-corrected chi connectivity index (χ0v) is 8.01. The van der Waals surface area contributed by atoms with E-state index in [2.05, 4.69) is 10.6 Å². The van der Waals surface area contributed by atoms with E-state index in [1.54, 1.807) is 0 Å². The quantitative estimate of drug-likeness (QED) is 0.557. The summed E-state index contributed by atoms with van der Waals surface area (Å²) in [5.74, 6) is 0.354. The summed E-state index contributed by atoms with van der Waals surface area (Å²) in [7, 11) is 0.